The zero-order valence-corrected chi connectivity index (χ0v) is 17.4. The molecular weight excluding hydrogens is 391 g/mol. The summed E-state index contributed by atoms with van der Waals surface area (Å²) in [6.07, 6.45) is 1.94. The molecule has 1 heterocycles. The minimum Gasteiger partial charge on any atom is -0.383 e. The zero-order valence-electron chi connectivity index (χ0n) is 16.6. The lowest BCUT2D eigenvalue weighted by atomic mass is 10.1. The molecule has 7 heteroatoms. The van der Waals surface area contributed by atoms with Gasteiger partial charge in [-0.2, -0.15) is 4.31 Å². The number of hydrogen-bond acceptors (Lipinski definition) is 3. The second-order valence-corrected chi connectivity index (χ2v) is 8.84. The minimum atomic E-state index is -3.79. The van der Waals surface area contributed by atoms with Crippen LogP contribution in [0, 0.1) is 12.7 Å². The number of aromatic nitrogens is 1. The Morgan fingerprint density at radius 1 is 1.03 bits per heavy atom. The molecule has 3 aromatic rings. The molecule has 0 spiro atoms. The summed E-state index contributed by atoms with van der Waals surface area (Å²) >= 11 is 0. The van der Waals surface area contributed by atoms with Gasteiger partial charge >= 0.3 is 0 Å². The van der Waals surface area contributed by atoms with Crippen LogP contribution in [0.4, 0.5) is 4.39 Å². The highest BCUT2D eigenvalue weighted by atomic mass is 32.2. The van der Waals surface area contributed by atoms with Gasteiger partial charge in [-0.1, -0.05) is 29.8 Å². The number of hydrogen-bond donors (Lipinski definition) is 0. The molecule has 29 heavy (non-hydrogen) atoms. The highest BCUT2D eigenvalue weighted by Crippen LogP contribution is 2.20. The highest BCUT2D eigenvalue weighted by Gasteiger charge is 2.25. The van der Waals surface area contributed by atoms with Crippen LogP contribution in [0.2, 0.25) is 0 Å². The Hall–Kier alpha value is -2.48. The summed E-state index contributed by atoms with van der Waals surface area (Å²) in [6.45, 7) is 3.35. The van der Waals surface area contributed by atoms with Crippen molar-refractivity contribution >= 4 is 10.0 Å². The molecule has 0 fully saturated rings. The zero-order chi connectivity index (χ0) is 20.9. The van der Waals surface area contributed by atoms with Crippen LogP contribution in [0.5, 0.6) is 0 Å². The lowest BCUT2D eigenvalue weighted by Gasteiger charge is -2.23. The van der Waals surface area contributed by atoms with E-state index in [1.54, 1.807) is 0 Å². The van der Waals surface area contributed by atoms with E-state index in [1.165, 1.54) is 29.1 Å². The monoisotopic (exact) mass is 416 g/mol. The van der Waals surface area contributed by atoms with Crippen molar-refractivity contribution in [2.24, 2.45) is 0 Å². The lowest BCUT2D eigenvalue weighted by molar-refractivity contribution is 0.176. The van der Waals surface area contributed by atoms with Crippen LogP contribution in [0.25, 0.3) is 0 Å². The van der Waals surface area contributed by atoms with E-state index in [-0.39, 0.29) is 24.6 Å². The van der Waals surface area contributed by atoms with Gasteiger partial charge in [-0.25, -0.2) is 12.8 Å². The van der Waals surface area contributed by atoms with Crippen molar-refractivity contribution in [2.75, 3.05) is 20.3 Å². The Kier molecular flexibility index (Phi) is 6.84. The molecule has 0 aliphatic rings. The number of halogens is 1. The van der Waals surface area contributed by atoms with Crippen LogP contribution in [0.3, 0.4) is 0 Å². The summed E-state index contributed by atoms with van der Waals surface area (Å²) in [5, 5.41) is 0. The molecule has 0 radical (unpaired) electrons. The third kappa shape index (κ3) is 5.32. The first-order valence-electron chi connectivity index (χ1n) is 9.34. The van der Waals surface area contributed by atoms with Gasteiger partial charge in [-0.05, 0) is 48.9 Å². The van der Waals surface area contributed by atoms with E-state index >= 15 is 0 Å². The molecule has 154 valence electrons. The predicted octanol–water partition coefficient (Wildman–Crippen LogP) is 3.82. The van der Waals surface area contributed by atoms with Crippen LogP contribution in [0.1, 0.15) is 16.8 Å². The molecule has 0 atom stereocenters. The topological polar surface area (TPSA) is 51.5 Å². The van der Waals surface area contributed by atoms with Gasteiger partial charge in [0, 0.05) is 32.1 Å². The largest absolute Gasteiger partial charge is 0.383 e. The predicted molar refractivity (Wildman–Crippen MR) is 111 cm³/mol. The van der Waals surface area contributed by atoms with Gasteiger partial charge in [0.25, 0.3) is 0 Å². The molecule has 5 nitrogen and oxygen atoms in total. The number of methoxy groups -OCH3 is 1. The van der Waals surface area contributed by atoms with Crippen LogP contribution < -0.4 is 0 Å². The highest BCUT2D eigenvalue weighted by molar-refractivity contribution is 7.89. The minimum absolute atomic E-state index is 0.0617. The van der Waals surface area contributed by atoms with Crippen LogP contribution in [-0.4, -0.2) is 37.6 Å². The maximum absolute atomic E-state index is 13.2. The summed E-state index contributed by atoms with van der Waals surface area (Å²) in [5.74, 6) is -0.473. The summed E-state index contributed by atoms with van der Waals surface area (Å²) in [6, 6.07) is 16.9. The van der Waals surface area contributed by atoms with Crippen LogP contribution in [0.15, 0.2) is 71.8 Å². The van der Waals surface area contributed by atoms with E-state index < -0.39 is 15.8 Å². The maximum Gasteiger partial charge on any atom is 0.243 e. The van der Waals surface area contributed by atoms with E-state index in [2.05, 4.69) is 24.3 Å². The normalized spacial score (nSPS) is 11.9. The van der Waals surface area contributed by atoms with Crippen molar-refractivity contribution in [1.29, 1.82) is 0 Å². The van der Waals surface area contributed by atoms with E-state index in [9.17, 15) is 12.8 Å². The fraction of sp³-hybridized carbons (Fsp3) is 0.273. The fourth-order valence-corrected chi connectivity index (χ4v) is 4.45. The van der Waals surface area contributed by atoms with Crippen molar-refractivity contribution in [3.05, 3.63) is 89.5 Å². The molecule has 0 aliphatic heterocycles. The molecule has 0 aliphatic carbocycles. The second kappa shape index (κ2) is 9.35. The summed E-state index contributed by atoms with van der Waals surface area (Å²) < 4.78 is 48.0. The molecule has 0 unspecified atom stereocenters. The Bertz CT molecular complexity index is 1030. The maximum atomic E-state index is 13.2. The van der Waals surface area contributed by atoms with Crippen LogP contribution in [-0.2, 0) is 27.8 Å². The number of sulfonamides is 1. The SMILES string of the molecule is COCCN(Cc1cccn1Cc1ccc(C)cc1)S(=O)(=O)c1ccc(F)cc1. The van der Waals surface area contributed by atoms with Crippen molar-refractivity contribution < 1.29 is 17.5 Å². The molecule has 2 aromatic carbocycles. The Labute approximate surface area is 171 Å². The van der Waals surface area contributed by atoms with E-state index in [0.29, 0.717) is 6.54 Å². The first-order valence-corrected chi connectivity index (χ1v) is 10.8. The Morgan fingerprint density at radius 3 is 2.38 bits per heavy atom. The standard InChI is InChI=1S/C22H25FN2O3S/c1-18-5-7-19(8-6-18)16-24-13-3-4-21(24)17-25(14-15-28-2)29(26,27)22-11-9-20(23)10-12-22/h3-13H,14-17H2,1-2H3. The van der Waals surface area contributed by atoms with Crippen molar-refractivity contribution in [2.45, 2.75) is 24.9 Å². The molecule has 0 N–H and O–H groups in total. The van der Waals surface area contributed by atoms with Gasteiger partial charge in [-0.3, -0.25) is 0 Å². The fourth-order valence-electron chi connectivity index (χ4n) is 3.05. The second-order valence-electron chi connectivity index (χ2n) is 6.90. The Balaban J connectivity index is 1.85. The van der Waals surface area contributed by atoms with E-state index in [1.807, 2.05) is 29.8 Å². The van der Waals surface area contributed by atoms with Gasteiger partial charge in [0.05, 0.1) is 18.0 Å². The van der Waals surface area contributed by atoms with Gasteiger partial charge in [0.15, 0.2) is 0 Å². The molecule has 3 rings (SSSR count). The summed E-state index contributed by atoms with van der Waals surface area (Å²) in [7, 11) is -2.26. The number of rotatable bonds is 9. The molecule has 0 amide bonds. The number of benzene rings is 2. The van der Waals surface area contributed by atoms with E-state index in [4.69, 9.17) is 4.74 Å². The molecular formula is C22H25FN2O3S. The van der Waals surface area contributed by atoms with Crippen molar-refractivity contribution in [1.82, 2.24) is 8.87 Å². The summed E-state index contributed by atoms with van der Waals surface area (Å²) in [4.78, 5) is 0.0617. The lowest BCUT2D eigenvalue weighted by Crippen LogP contribution is -2.34. The van der Waals surface area contributed by atoms with Gasteiger partial charge in [-0.15, -0.1) is 0 Å². The van der Waals surface area contributed by atoms with Gasteiger partial charge < -0.3 is 9.30 Å². The number of nitrogens with zero attached hydrogens (tertiary/aromatic N) is 2. The molecule has 1 aromatic heterocycles. The molecule has 0 saturated heterocycles. The summed E-state index contributed by atoms with van der Waals surface area (Å²) in [5.41, 5.74) is 3.20. The van der Waals surface area contributed by atoms with Crippen LogP contribution >= 0.6 is 0 Å². The third-order valence-electron chi connectivity index (χ3n) is 4.73. The van der Waals surface area contributed by atoms with E-state index in [0.717, 1.165) is 23.4 Å². The number of aryl methyl sites for hydroxylation is 1. The quantitative estimate of drug-likeness (QED) is 0.533. The average Bonchev–Trinajstić information content (AvgIpc) is 3.13. The first kappa shape index (κ1) is 21.2. The van der Waals surface area contributed by atoms with Gasteiger partial charge in [0.1, 0.15) is 5.82 Å². The average molecular weight is 417 g/mol. The van der Waals surface area contributed by atoms with Crippen molar-refractivity contribution in [3.8, 4) is 0 Å². The van der Waals surface area contributed by atoms with Gasteiger partial charge in [0.2, 0.25) is 10.0 Å². The third-order valence-corrected chi connectivity index (χ3v) is 6.59. The first-order chi connectivity index (χ1) is 13.9. The molecule has 0 bridgehead atoms. The van der Waals surface area contributed by atoms with Crippen molar-refractivity contribution in [3.63, 3.8) is 0 Å². The molecule has 0 saturated carbocycles. The smallest absolute Gasteiger partial charge is 0.243 e. The Morgan fingerprint density at radius 2 is 1.72 bits per heavy atom. The number of ether oxygens (including phenoxy) is 1.